The van der Waals surface area contributed by atoms with E-state index in [1.807, 2.05) is 24.3 Å². The van der Waals surface area contributed by atoms with E-state index in [0.717, 1.165) is 29.7 Å². The summed E-state index contributed by atoms with van der Waals surface area (Å²) in [5.41, 5.74) is 2.09. The van der Waals surface area contributed by atoms with Gasteiger partial charge in [0.2, 0.25) is 11.8 Å². The zero-order valence-corrected chi connectivity index (χ0v) is 15.7. The molecule has 2 N–H and O–H groups in total. The minimum atomic E-state index is -0.274. The van der Waals surface area contributed by atoms with Crippen molar-refractivity contribution in [3.8, 4) is 0 Å². The lowest BCUT2D eigenvalue weighted by Gasteiger charge is -2.18. The molecular weight excluding hydrogens is 394 g/mol. The summed E-state index contributed by atoms with van der Waals surface area (Å²) in [5.74, 6) is -0.302. The number of rotatable bonds is 4. The second kappa shape index (κ2) is 8.65. The van der Waals surface area contributed by atoms with Gasteiger partial charge in [-0.2, -0.15) is 0 Å². The molecule has 3 rings (SSSR count). The maximum Gasteiger partial charge on any atom is 0.227 e. The highest BCUT2D eigenvalue weighted by molar-refractivity contribution is 9.10. The van der Waals surface area contributed by atoms with Crippen LogP contribution in [-0.2, 0) is 9.59 Å². The molecular formula is C17H21BrClN3O2. The number of halogens is 2. The molecule has 0 saturated carbocycles. The summed E-state index contributed by atoms with van der Waals surface area (Å²) in [6.45, 7) is 2.86. The van der Waals surface area contributed by atoms with E-state index in [1.54, 1.807) is 4.90 Å². The number of hydrogen-bond donors (Lipinski definition) is 2. The number of nitrogens with zero attached hydrogens (tertiary/aromatic N) is 1. The van der Waals surface area contributed by atoms with E-state index in [-0.39, 0.29) is 36.6 Å². The van der Waals surface area contributed by atoms with Crippen LogP contribution < -0.4 is 15.5 Å². The molecule has 2 heterocycles. The number of carbonyl (C=O) groups is 2. The van der Waals surface area contributed by atoms with Gasteiger partial charge in [-0.15, -0.1) is 12.4 Å². The molecule has 2 aliphatic heterocycles. The predicted molar refractivity (Wildman–Crippen MR) is 100 cm³/mol. The first kappa shape index (κ1) is 19.0. The fourth-order valence-electron chi connectivity index (χ4n) is 2.95. The van der Waals surface area contributed by atoms with Crippen molar-refractivity contribution in [2.45, 2.75) is 12.8 Å². The molecule has 1 unspecified atom stereocenters. The standard InChI is InChI=1S/C17H20BrN3O2.ClH/c18-14-2-1-3-15(9-14)21-11-13(8-16(21)22)17(23)20-10-12-4-6-19-7-5-12;/h1-4,9,13,19H,5-8,10-11H2,(H,20,23);1H. The van der Waals surface area contributed by atoms with Crippen LogP contribution in [0.2, 0.25) is 0 Å². The maximum atomic E-state index is 12.3. The Morgan fingerprint density at radius 1 is 1.42 bits per heavy atom. The maximum absolute atomic E-state index is 12.3. The molecule has 1 aromatic rings. The fourth-order valence-corrected chi connectivity index (χ4v) is 3.34. The lowest BCUT2D eigenvalue weighted by molar-refractivity contribution is -0.126. The Bertz CT molecular complexity index is 650. The van der Waals surface area contributed by atoms with Gasteiger partial charge in [0.25, 0.3) is 0 Å². The predicted octanol–water partition coefficient (Wildman–Crippen LogP) is 2.26. The number of amides is 2. The van der Waals surface area contributed by atoms with Gasteiger partial charge >= 0.3 is 0 Å². The topological polar surface area (TPSA) is 61.4 Å². The first-order chi connectivity index (χ1) is 11.1. The van der Waals surface area contributed by atoms with Crippen LogP contribution in [0.3, 0.4) is 0 Å². The van der Waals surface area contributed by atoms with E-state index in [1.165, 1.54) is 5.57 Å². The van der Waals surface area contributed by atoms with Crippen molar-refractivity contribution in [1.82, 2.24) is 10.6 Å². The SMILES string of the molecule is Cl.O=C(NCC1=CCNCC1)C1CC(=O)N(c2cccc(Br)c2)C1. The van der Waals surface area contributed by atoms with Crippen molar-refractivity contribution in [3.63, 3.8) is 0 Å². The highest BCUT2D eigenvalue weighted by atomic mass is 79.9. The molecule has 0 bridgehead atoms. The molecule has 0 aliphatic carbocycles. The molecule has 0 radical (unpaired) electrons. The van der Waals surface area contributed by atoms with Crippen molar-refractivity contribution < 1.29 is 9.59 Å². The Kier molecular flexibility index (Phi) is 6.83. The molecule has 5 nitrogen and oxygen atoms in total. The van der Waals surface area contributed by atoms with Crippen molar-refractivity contribution in [2.24, 2.45) is 5.92 Å². The third-order valence-electron chi connectivity index (χ3n) is 4.26. The summed E-state index contributed by atoms with van der Waals surface area (Å²) >= 11 is 3.41. The zero-order chi connectivity index (χ0) is 16.2. The van der Waals surface area contributed by atoms with Crippen LogP contribution in [0.4, 0.5) is 5.69 Å². The molecule has 2 amide bonds. The monoisotopic (exact) mass is 413 g/mol. The third kappa shape index (κ3) is 4.59. The molecule has 1 saturated heterocycles. The van der Waals surface area contributed by atoms with Crippen molar-refractivity contribution in [1.29, 1.82) is 0 Å². The van der Waals surface area contributed by atoms with Crippen molar-refractivity contribution in [3.05, 3.63) is 40.4 Å². The van der Waals surface area contributed by atoms with Crippen LogP contribution in [0.15, 0.2) is 40.4 Å². The lowest BCUT2D eigenvalue weighted by atomic mass is 10.1. The Morgan fingerprint density at radius 2 is 2.25 bits per heavy atom. The van der Waals surface area contributed by atoms with Crippen LogP contribution in [-0.4, -0.2) is 38.0 Å². The van der Waals surface area contributed by atoms with Gasteiger partial charge in [0, 0.05) is 36.2 Å². The minimum absolute atomic E-state index is 0. The van der Waals surface area contributed by atoms with Crippen molar-refractivity contribution in [2.75, 3.05) is 31.1 Å². The molecule has 0 aromatic heterocycles. The van der Waals surface area contributed by atoms with E-state index in [2.05, 4.69) is 32.6 Å². The lowest BCUT2D eigenvalue weighted by Crippen LogP contribution is -2.35. The van der Waals surface area contributed by atoms with Gasteiger partial charge in [-0.05, 0) is 31.2 Å². The largest absolute Gasteiger partial charge is 0.352 e. The van der Waals surface area contributed by atoms with E-state index in [0.29, 0.717) is 13.1 Å². The highest BCUT2D eigenvalue weighted by Gasteiger charge is 2.35. The third-order valence-corrected chi connectivity index (χ3v) is 4.76. The smallest absolute Gasteiger partial charge is 0.227 e. The van der Waals surface area contributed by atoms with Gasteiger partial charge < -0.3 is 15.5 Å². The fraction of sp³-hybridized carbons (Fsp3) is 0.412. The second-order valence-electron chi connectivity index (χ2n) is 5.92. The Balaban J connectivity index is 0.00000208. The van der Waals surface area contributed by atoms with Crippen LogP contribution in [0.25, 0.3) is 0 Å². The molecule has 130 valence electrons. The minimum Gasteiger partial charge on any atom is -0.352 e. The average molecular weight is 415 g/mol. The Labute approximate surface area is 156 Å². The van der Waals surface area contributed by atoms with Gasteiger partial charge in [0.15, 0.2) is 0 Å². The first-order valence-corrected chi connectivity index (χ1v) is 8.65. The van der Waals surface area contributed by atoms with Crippen LogP contribution in [0.1, 0.15) is 12.8 Å². The molecule has 2 aliphatic rings. The average Bonchev–Trinajstić information content (AvgIpc) is 2.95. The molecule has 0 spiro atoms. The van der Waals surface area contributed by atoms with E-state index in [4.69, 9.17) is 0 Å². The quantitative estimate of drug-likeness (QED) is 0.743. The van der Waals surface area contributed by atoms with Gasteiger partial charge in [-0.1, -0.05) is 33.6 Å². The number of nitrogens with one attached hydrogen (secondary N) is 2. The summed E-state index contributed by atoms with van der Waals surface area (Å²) in [7, 11) is 0. The normalized spacial score (nSPS) is 20.4. The number of hydrogen-bond acceptors (Lipinski definition) is 3. The van der Waals surface area contributed by atoms with Crippen LogP contribution in [0.5, 0.6) is 0 Å². The first-order valence-electron chi connectivity index (χ1n) is 7.86. The van der Waals surface area contributed by atoms with Gasteiger partial charge in [0.1, 0.15) is 0 Å². The van der Waals surface area contributed by atoms with Crippen LogP contribution >= 0.6 is 28.3 Å². The van der Waals surface area contributed by atoms with E-state index in [9.17, 15) is 9.59 Å². The molecule has 24 heavy (non-hydrogen) atoms. The van der Waals surface area contributed by atoms with Gasteiger partial charge in [-0.3, -0.25) is 9.59 Å². The number of benzene rings is 1. The van der Waals surface area contributed by atoms with Gasteiger partial charge in [-0.25, -0.2) is 0 Å². The summed E-state index contributed by atoms with van der Waals surface area (Å²) in [6, 6.07) is 7.60. The zero-order valence-electron chi connectivity index (χ0n) is 13.3. The van der Waals surface area contributed by atoms with Crippen LogP contribution in [0, 0.1) is 5.92 Å². The highest BCUT2D eigenvalue weighted by Crippen LogP contribution is 2.27. The summed E-state index contributed by atoms with van der Waals surface area (Å²) in [4.78, 5) is 26.2. The summed E-state index contributed by atoms with van der Waals surface area (Å²) < 4.78 is 0.925. The van der Waals surface area contributed by atoms with Crippen molar-refractivity contribution >= 4 is 45.8 Å². The Hall–Kier alpha value is -1.37. The number of anilines is 1. The molecule has 1 aromatic carbocycles. The van der Waals surface area contributed by atoms with E-state index < -0.39 is 0 Å². The van der Waals surface area contributed by atoms with Gasteiger partial charge in [0.05, 0.1) is 5.92 Å². The summed E-state index contributed by atoms with van der Waals surface area (Å²) in [5, 5.41) is 6.22. The molecule has 1 atom stereocenters. The Morgan fingerprint density at radius 3 is 2.96 bits per heavy atom. The molecule has 7 heteroatoms. The second-order valence-corrected chi connectivity index (χ2v) is 6.84. The number of carbonyl (C=O) groups excluding carboxylic acids is 2. The summed E-state index contributed by atoms with van der Waals surface area (Å²) in [6.07, 6.45) is 3.37. The molecule has 1 fully saturated rings. The van der Waals surface area contributed by atoms with E-state index >= 15 is 0 Å².